The van der Waals surface area contributed by atoms with Crippen molar-refractivity contribution in [2.24, 2.45) is 0 Å². The zero-order valence-electron chi connectivity index (χ0n) is 9.56. The van der Waals surface area contributed by atoms with Gasteiger partial charge in [-0.2, -0.15) is 0 Å². The van der Waals surface area contributed by atoms with Gasteiger partial charge in [0.2, 0.25) is 0 Å². The predicted octanol–water partition coefficient (Wildman–Crippen LogP) is 2.77. The van der Waals surface area contributed by atoms with E-state index < -0.39 is 23.4 Å². The molecule has 2 amide bonds. The third-order valence-electron chi connectivity index (χ3n) is 2.96. The molecular weight excluding hydrogens is 252 g/mol. The molecule has 0 atom stereocenters. The number of hydrogen-bond donors (Lipinski definition) is 0. The Morgan fingerprint density at radius 2 is 1.37 bits per heavy atom. The van der Waals surface area contributed by atoms with Gasteiger partial charge < -0.3 is 0 Å². The first-order valence-corrected chi connectivity index (χ1v) is 5.52. The average molecular weight is 259 g/mol. The van der Waals surface area contributed by atoms with Crippen LogP contribution in [0, 0.1) is 11.6 Å². The molecule has 0 radical (unpaired) electrons. The lowest BCUT2D eigenvalue weighted by atomic mass is 10.1. The maximum atomic E-state index is 13.2. The molecule has 2 aromatic carbocycles. The molecule has 0 aliphatic carbocycles. The molecule has 3 rings (SSSR count). The largest absolute Gasteiger partial charge is 0.268 e. The molecule has 1 aliphatic heterocycles. The van der Waals surface area contributed by atoms with Crippen molar-refractivity contribution >= 4 is 17.5 Å². The summed E-state index contributed by atoms with van der Waals surface area (Å²) in [7, 11) is 0. The molecule has 0 fully saturated rings. The van der Waals surface area contributed by atoms with Crippen molar-refractivity contribution in [3.05, 3.63) is 65.2 Å². The Hall–Kier alpha value is -2.56. The number of anilines is 1. The number of benzene rings is 2. The highest BCUT2D eigenvalue weighted by molar-refractivity contribution is 6.34. The molecule has 0 unspecified atom stereocenters. The highest BCUT2D eigenvalue weighted by atomic mass is 19.2. The van der Waals surface area contributed by atoms with Gasteiger partial charge in [-0.25, -0.2) is 13.7 Å². The van der Waals surface area contributed by atoms with Crippen LogP contribution in [0.1, 0.15) is 20.7 Å². The first-order chi connectivity index (χ1) is 9.09. The summed E-state index contributed by atoms with van der Waals surface area (Å²) in [6.45, 7) is 0. The van der Waals surface area contributed by atoms with E-state index in [9.17, 15) is 18.4 Å². The minimum Gasteiger partial charge on any atom is -0.268 e. The molecule has 0 saturated carbocycles. The summed E-state index contributed by atoms with van der Waals surface area (Å²) in [5.74, 6) is -3.20. The Kier molecular flexibility index (Phi) is 2.41. The smallest absolute Gasteiger partial charge is 0.266 e. The van der Waals surface area contributed by atoms with Gasteiger partial charge in [0.05, 0.1) is 16.8 Å². The summed E-state index contributed by atoms with van der Waals surface area (Å²) in [6, 6.07) is 9.23. The number of rotatable bonds is 1. The summed E-state index contributed by atoms with van der Waals surface area (Å²) < 4.78 is 26.1. The van der Waals surface area contributed by atoms with E-state index in [1.54, 1.807) is 12.1 Å². The fourth-order valence-corrected chi connectivity index (χ4v) is 2.05. The summed E-state index contributed by atoms with van der Waals surface area (Å²) in [5, 5.41) is 0. The van der Waals surface area contributed by atoms with Crippen LogP contribution in [0.2, 0.25) is 0 Å². The first-order valence-electron chi connectivity index (χ1n) is 5.52. The van der Waals surface area contributed by atoms with Crippen molar-refractivity contribution in [3.8, 4) is 0 Å². The van der Waals surface area contributed by atoms with E-state index in [1.807, 2.05) is 0 Å². The Bertz CT molecular complexity index is 677. The highest BCUT2D eigenvalue weighted by Crippen LogP contribution is 2.28. The zero-order chi connectivity index (χ0) is 13.6. The van der Waals surface area contributed by atoms with Crippen molar-refractivity contribution in [1.29, 1.82) is 0 Å². The summed E-state index contributed by atoms with van der Waals surface area (Å²) in [4.78, 5) is 25.0. The molecule has 1 aliphatic rings. The summed E-state index contributed by atoms with van der Waals surface area (Å²) in [6.07, 6.45) is 0. The molecule has 3 nitrogen and oxygen atoms in total. The summed E-state index contributed by atoms with van der Waals surface area (Å²) in [5.41, 5.74) is 0.541. The fraction of sp³-hybridized carbons (Fsp3) is 0. The molecule has 19 heavy (non-hydrogen) atoms. The van der Waals surface area contributed by atoms with Gasteiger partial charge in [0.15, 0.2) is 11.6 Å². The monoisotopic (exact) mass is 259 g/mol. The van der Waals surface area contributed by atoms with Gasteiger partial charge in [0.1, 0.15) is 0 Å². The van der Waals surface area contributed by atoms with E-state index in [-0.39, 0.29) is 16.8 Å². The molecule has 0 aromatic heterocycles. The van der Waals surface area contributed by atoms with E-state index >= 15 is 0 Å². The number of imide groups is 1. The fourth-order valence-electron chi connectivity index (χ4n) is 2.05. The Morgan fingerprint density at radius 3 is 1.89 bits per heavy atom. The van der Waals surface area contributed by atoms with Crippen LogP contribution in [-0.2, 0) is 0 Å². The van der Waals surface area contributed by atoms with Crippen LogP contribution in [0.15, 0.2) is 42.5 Å². The van der Waals surface area contributed by atoms with E-state index in [0.29, 0.717) is 0 Å². The van der Waals surface area contributed by atoms with Gasteiger partial charge >= 0.3 is 0 Å². The van der Waals surface area contributed by atoms with Crippen LogP contribution in [0.25, 0.3) is 0 Å². The Morgan fingerprint density at radius 1 is 0.789 bits per heavy atom. The second-order valence-corrected chi connectivity index (χ2v) is 4.09. The van der Waals surface area contributed by atoms with Crippen LogP contribution >= 0.6 is 0 Å². The van der Waals surface area contributed by atoms with Crippen LogP contribution in [0.3, 0.4) is 0 Å². The van der Waals surface area contributed by atoms with E-state index in [1.165, 1.54) is 18.2 Å². The van der Waals surface area contributed by atoms with Gasteiger partial charge in [0, 0.05) is 6.07 Å². The molecular formula is C14H7F2NO2. The molecule has 2 aromatic rings. The molecule has 0 saturated heterocycles. The molecule has 0 spiro atoms. The number of amides is 2. The Balaban J connectivity index is 2.11. The van der Waals surface area contributed by atoms with Gasteiger partial charge in [0.25, 0.3) is 11.8 Å². The van der Waals surface area contributed by atoms with Crippen LogP contribution < -0.4 is 4.90 Å². The third kappa shape index (κ3) is 1.62. The lowest BCUT2D eigenvalue weighted by Gasteiger charge is -2.13. The van der Waals surface area contributed by atoms with Gasteiger partial charge in [-0.3, -0.25) is 9.59 Å². The third-order valence-corrected chi connectivity index (χ3v) is 2.96. The van der Waals surface area contributed by atoms with Crippen molar-refractivity contribution < 1.29 is 18.4 Å². The van der Waals surface area contributed by atoms with E-state index in [0.717, 1.165) is 17.0 Å². The SMILES string of the molecule is O=C1c2ccccc2C(=O)N1c1ccc(F)c(F)c1. The van der Waals surface area contributed by atoms with Gasteiger partial charge in [-0.15, -0.1) is 0 Å². The minimum atomic E-state index is -1.10. The number of carbonyl (C=O) groups is 2. The van der Waals surface area contributed by atoms with Gasteiger partial charge in [-0.1, -0.05) is 12.1 Å². The normalized spacial score (nSPS) is 13.9. The minimum absolute atomic E-state index is 0.0186. The van der Waals surface area contributed by atoms with Crippen molar-refractivity contribution in [2.75, 3.05) is 4.90 Å². The molecule has 1 heterocycles. The second kappa shape index (κ2) is 3.98. The standard InChI is InChI=1S/C14H7F2NO2/c15-11-6-5-8(7-12(11)16)17-13(18)9-3-1-2-4-10(9)14(17)19/h1-7H. The number of nitrogens with zero attached hydrogens (tertiary/aromatic N) is 1. The van der Waals surface area contributed by atoms with Crippen molar-refractivity contribution in [2.45, 2.75) is 0 Å². The van der Waals surface area contributed by atoms with Crippen LogP contribution in [0.5, 0.6) is 0 Å². The molecule has 94 valence electrons. The molecule has 0 bridgehead atoms. The van der Waals surface area contributed by atoms with Crippen molar-refractivity contribution in [3.63, 3.8) is 0 Å². The van der Waals surface area contributed by atoms with Crippen LogP contribution in [0.4, 0.5) is 14.5 Å². The second-order valence-electron chi connectivity index (χ2n) is 4.09. The van der Waals surface area contributed by atoms with Crippen molar-refractivity contribution in [1.82, 2.24) is 0 Å². The molecule has 5 heteroatoms. The predicted molar refractivity (Wildman–Crippen MR) is 63.9 cm³/mol. The topological polar surface area (TPSA) is 37.4 Å². The lowest BCUT2D eigenvalue weighted by Crippen LogP contribution is -2.29. The van der Waals surface area contributed by atoms with Crippen LogP contribution in [-0.4, -0.2) is 11.8 Å². The quantitative estimate of drug-likeness (QED) is 0.738. The Labute approximate surface area is 107 Å². The lowest BCUT2D eigenvalue weighted by molar-refractivity contribution is 0.0926. The first kappa shape index (κ1) is 11.5. The molecule has 0 N–H and O–H groups in total. The average Bonchev–Trinajstić information content (AvgIpc) is 2.66. The number of fused-ring (bicyclic) bond motifs is 1. The number of carbonyl (C=O) groups excluding carboxylic acids is 2. The number of hydrogen-bond acceptors (Lipinski definition) is 2. The zero-order valence-corrected chi connectivity index (χ0v) is 9.56. The number of halogens is 2. The van der Waals surface area contributed by atoms with Gasteiger partial charge in [-0.05, 0) is 24.3 Å². The van der Waals surface area contributed by atoms with E-state index in [2.05, 4.69) is 0 Å². The maximum absolute atomic E-state index is 13.2. The maximum Gasteiger partial charge on any atom is 0.266 e. The highest BCUT2D eigenvalue weighted by Gasteiger charge is 2.36. The summed E-state index contributed by atoms with van der Waals surface area (Å²) >= 11 is 0. The van der Waals surface area contributed by atoms with E-state index in [4.69, 9.17) is 0 Å².